The normalized spacial score (nSPS) is 12.9. The van der Waals surface area contributed by atoms with Crippen molar-refractivity contribution in [2.75, 3.05) is 14.2 Å². The molecule has 2 aromatic rings. The Morgan fingerprint density at radius 3 is 1.48 bits per heavy atom. The van der Waals surface area contributed by atoms with Gasteiger partial charge in [0.15, 0.2) is 34.6 Å². The molecule has 2 unspecified atom stereocenters. The van der Waals surface area contributed by atoms with Gasteiger partial charge in [-0.05, 0) is 50.2 Å². The molecule has 2 N–H and O–H groups in total. The van der Waals surface area contributed by atoms with Crippen molar-refractivity contribution in [1.29, 1.82) is 0 Å². The Morgan fingerprint density at radius 1 is 0.778 bits per heavy atom. The van der Waals surface area contributed by atoms with Crippen molar-refractivity contribution >= 4 is 11.6 Å². The molecule has 0 saturated carbocycles. The highest BCUT2D eigenvalue weighted by Gasteiger charge is 2.24. The van der Waals surface area contributed by atoms with E-state index in [0.29, 0.717) is 11.1 Å². The fourth-order valence-electron chi connectivity index (χ4n) is 2.56. The number of carbonyl (C=O) groups excluding carboxylic acids is 2. The molecule has 7 heteroatoms. The highest BCUT2D eigenvalue weighted by molar-refractivity contribution is 6.02. The van der Waals surface area contributed by atoms with E-state index in [-0.39, 0.29) is 34.6 Å². The number of ether oxygens (including phenoxy) is 3. The van der Waals surface area contributed by atoms with Crippen molar-refractivity contribution in [3.8, 4) is 23.0 Å². The molecule has 0 fully saturated rings. The van der Waals surface area contributed by atoms with Gasteiger partial charge in [0.25, 0.3) is 0 Å². The van der Waals surface area contributed by atoms with Gasteiger partial charge in [0, 0.05) is 11.1 Å². The van der Waals surface area contributed by atoms with Gasteiger partial charge in [-0.25, -0.2) is 0 Å². The number of rotatable bonds is 8. The Kier molecular flexibility index (Phi) is 6.41. The Labute approximate surface area is 157 Å². The number of hydrogen-bond donors (Lipinski definition) is 2. The van der Waals surface area contributed by atoms with Gasteiger partial charge in [0.2, 0.25) is 0 Å². The molecule has 27 heavy (non-hydrogen) atoms. The number of methoxy groups -OCH3 is 2. The topological polar surface area (TPSA) is 102 Å². The maximum Gasteiger partial charge on any atom is 0.191 e. The Morgan fingerprint density at radius 2 is 1.15 bits per heavy atom. The van der Waals surface area contributed by atoms with E-state index in [4.69, 9.17) is 14.2 Å². The average Bonchev–Trinajstić information content (AvgIpc) is 2.67. The second kappa shape index (κ2) is 8.55. The van der Waals surface area contributed by atoms with Crippen molar-refractivity contribution in [1.82, 2.24) is 0 Å². The van der Waals surface area contributed by atoms with Crippen LogP contribution in [0.2, 0.25) is 0 Å². The fraction of sp³-hybridized carbons (Fsp3) is 0.300. The van der Waals surface area contributed by atoms with Crippen molar-refractivity contribution < 1.29 is 34.0 Å². The summed E-state index contributed by atoms with van der Waals surface area (Å²) in [5, 5.41) is 19.2. The van der Waals surface area contributed by atoms with Gasteiger partial charge < -0.3 is 24.4 Å². The van der Waals surface area contributed by atoms with Gasteiger partial charge in [-0.1, -0.05) is 0 Å². The van der Waals surface area contributed by atoms with E-state index in [2.05, 4.69) is 0 Å². The molecule has 0 aliphatic carbocycles. The van der Waals surface area contributed by atoms with Crippen LogP contribution in [0.25, 0.3) is 0 Å². The molecule has 0 amide bonds. The number of Topliss-reactive ketones (excluding diaryl/α,β-unsaturated/α-hetero) is 2. The van der Waals surface area contributed by atoms with Crippen LogP contribution in [0, 0.1) is 0 Å². The van der Waals surface area contributed by atoms with Crippen LogP contribution < -0.4 is 9.47 Å². The van der Waals surface area contributed by atoms with E-state index in [1.807, 2.05) is 0 Å². The Hall–Kier alpha value is -3.06. The molecule has 0 radical (unpaired) electrons. The molecular formula is C20H22O7. The zero-order valence-corrected chi connectivity index (χ0v) is 15.6. The van der Waals surface area contributed by atoms with E-state index in [0.717, 1.165) is 0 Å². The first-order valence-electron chi connectivity index (χ1n) is 8.26. The van der Waals surface area contributed by atoms with E-state index >= 15 is 0 Å². The quantitative estimate of drug-likeness (QED) is 0.685. The third kappa shape index (κ3) is 4.57. The van der Waals surface area contributed by atoms with Crippen molar-refractivity contribution in [2.24, 2.45) is 0 Å². The number of aromatic hydroxyl groups is 2. The third-order valence-corrected chi connectivity index (χ3v) is 4.08. The number of hydrogen-bond acceptors (Lipinski definition) is 7. The molecule has 2 rings (SSSR count). The molecule has 0 aliphatic heterocycles. The summed E-state index contributed by atoms with van der Waals surface area (Å²) in [5.74, 6) is -0.505. The first-order chi connectivity index (χ1) is 12.8. The van der Waals surface area contributed by atoms with Crippen LogP contribution in [-0.4, -0.2) is 48.2 Å². The van der Waals surface area contributed by atoms with E-state index in [9.17, 15) is 19.8 Å². The monoisotopic (exact) mass is 374 g/mol. The molecule has 0 aromatic heterocycles. The minimum Gasteiger partial charge on any atom is -0.504 e. The van der Waals surface area contributed by atoms with Gasteiger partial charge >= 0.3 is 0 Å². The summed E-state index contributed by atoms with van der Waals surface area (Å²) in [7, 11) is 2.77. The zero-order chi connectivity index (χ0) is 20.1. The SMILES string of the molecule is COc1cc(C(=O)C(C)OC(C)C(=O)c2ccc(O)c(OC)c2)ccc1O. The molecule has 0 saturated heterocycles. The minimum atomic E-state index is -0.891. The van der Waals surface area contributed by atoms with E-state index in [1.54, 1.807) is 13.8 Å². The number of phenols is 2. The van der Waals surface area contributed by atoms with Crippen LogP contribution in [0.3, 0.4) is 0 Å². The van der Waals surface area contributed by atoms with Crippen molar-refractivity contribution in [2.45, 2.75) is 26.1 Å². The lowest BCUT2D eigenvalue weighted by Gasteiger charge is -2.18. The summed E-state index contributed by atoms with van der Waals surface area (Å²) < 4.78 is 15.6. The maximum absolute atomic E-state index is 12.5. The second-order valence-electron chi connectivity index (χ2n) is 5.92. The first-order valence-corrected chi connectivity index (χ1v) is 8.26. The van der Waals surface area contributed by atoms with E-state index < -0.39 is 12.2 Å². The summed E-state index contributed by atoms with van der Waals surface area (Å²) in [6.07, 6.45) is -1.78. The standard InChI is InChI=1S/C20H22O7/c1-11(19(23)13-5-7-15(21)17(9-13)25-3)27-12(2)20(24)14-6-8-16(22)18(10-14)26-4/h5-12,21-22H,1-4H3. The average molecular weight is 374 g/mol. The van der Waals surface area contributed by atoms with Crippen molar-refractivity contribution in [3.05, 3.63) is 47.5 Å². The minimum absolute atomic E-state index is 0.0764. The van der Waals surface area contributed by atoms with Gasteiger partial charge in [0.05, 0.1) is 14.2 Å². The van der Waals surface area contributed by atoms with E-state index in [1.165, 1.54) is 50.6 Å². The zero-order valence-electron chi connectivity index (χ0n) is 15.6. The smallest absolute Gasteiger partial charge is 0.191 e. The number of benzene rings is 2. The summed E-state index contributed by atoms with van der Waals surface area (Å²) in [4.78, 5) is 25.1. The highest BCUT2D eigenvalue weighted by atomic mass is 16.5. The predicted molar refractivity (Wildman–Crippen MR) is 98.0 cm³/mol. The summed E-state index contributed by atoms with van der Waals surface area (Å²) in [6.45, 7) is 3.09. The summed E-state index contributed by atoms with van der Waals surface area (Å²) in [5.41, 5.74) is 0.589. The van der Waals surface area contributed by atoms with Crippen LogP contribution in [0.15, 0.2) is 36.4 Å². The number of ketones is 2. The second-order valence-corrected chi connectivity index (χ2v) is 5.92. The molecule has 144 valence electrons. The van der Waals surface area contributed by atoms with Gasteiger partial charge in [0.1, 0.15) is 12.2 Å². The van der Waals surface area contributed by atoms with Crippen LogP contribution in [0.4, 0.5) is 0 Å². The largest absolute Gasteiger partial charge is 0.504 e. The molecule has 2 aromatic carbocycles. The molecule has 0 heterocycles. The lowest BCUT2D eigenvalue weighted by molar-refractivity contribution is 0.0154. The van der Waals surface area contributed by atoms with Gasteiger partial charge in [-0.3, -0.25) is 9.59 Å². The molecule has 2 atom stereocenters. The predicted octanol–water partition coefficient (Wildman–Crippen LogP) is 2.97. The Balaban J connectivity index is 2.11. The summed E-state index contributed by atoms with van der Waals surface area (Å²) in [6, 6.07) is 8.45. The molecule has 0 aliphatic rings. The molecule has 0 bridgehead atoms. The van der Waals surface area contributed by atoms with Crippen LogP contribution in [-0.2, 0) is 4.74 Å². The maximum atomic E-state index is 12.5. The number of carbonyl (C=O) groups is 2. The van der Waals surface area contributed by atoms with Gasteiger partial charge in [-0.2, -0.15) is 0 Å². The molecule has 0 spiro atoms. The van der Waals surface area contributed by atoms with Crippen LogP contribution >= 0.6 is 0 Å². The van der Waals surface area contributed by atoms with Crippen LogP contribution in [0.1, 0.15) is 34.6 Å². The van der Waals surface area contributed by atoms with Crippen molar-refractivity contribution in [3.63, 3.8) is 0 Å². The van der Waals surface area contributed by atoms with Gasteiger partial charge in [-0.15, -0.1) is 0 Å². The first kappa shape index (κ1) is 20.3. The van der Waals surface area contributed by atoms with Crippen LogP contribution in [0.5, 0.6) is 23.0 Å². The summed E-state index contributed by atoms with van der Waals surface area (Å²) >= 11 is 0. The fourth-order valence-corrected chi connectivity index (χ4v) is 2.56. The molecular weight excluding hydrogens is 352 g/mol. The molecule has 7 nitrogen and oxygen atoms in total. The highest BCUT2D eigenvalue weighted by Crippen LogP contribution is 2.28. The third-order valence-electron chi connectivity index (χ3n) is 4.08. The lowest BCUT2D eigenvalue weighted by Crippen LogP contribution is -2.30. The Bertz CT molecular complexity index is 775. The lowest BCUT2D eigenvalue weighted by atomic mass is 10.0. The number of phenolic OH excluding ortho intramolecular Hbond substituents is 2.